The van der Waals surface area contributed by atoms with Crippen LogP contribution in [0.5, 0.6) is 11.5 Å². The van der Waals surface area contributed by atoms with Crippen molar-refractivity contribution in [3.63, 3.8) is 0 Å². The van der Waals surface area contributed by atoms with Gasteiger partial charge in [-0.15, -0.1) is 0 Å². The van der Waals surface area contributed by atoms with Gasteiger partial charge in [-0.05, 0) is 31.2 Å². The summed E-state index contributed by atoms with van der Waals surface area (Å²) in [6.07, 6.45) is 1.55. The van der Waals surface area contributed by atoms with Crippen LogP contribution < -0.4 is 14.9 Å². The van der Waals surface area contributed by atoms with Gasteiger partial charge in [0.15, 0.2) is 6.61 Å². The topological polar surface area (TPSA) is 59.9 Å². The Labute approximate surface area is 129 Å². The van der Waals surface area contributed by atoms with Gasteiger partial charge in [-0.3, -0.25) is 4.79 Å². The average Bonchev–Trinajstić information content (AvgIpc) is 2.56. The molecule has 0 aliphatic rings. The summed E-state index contributed by atoms with van der Waals surface area (Å²) in [6.45, 7) is 2.40. The Morgan fingerprint density at radius 3 is 2.59 bits per heavy atom. The summed E-state index contributed by atoms with van der Waals surface area (Å²) >= 11 is 0. The van der Waals surface area contributed by atoms with Crippen LogP contribution in [0.15, 0.2) is 59.7 Å². The summed E-state index contributed by atoms with van der Waals surface area (Å²) in [7, 11) is 0. The van der Waals surface area contributed by atoms with Crippen molar-refractivity contribution in [2.24, 2.45) is 5.10 Å². The van der Waals surface area contributed by atoms with Gasteiger partial charge in [0.2, 0.25) is 0 Å². The summed E-state index contributed by atoms with van der Waals surface area (Å²) in [5.74, 6) is 1.04. The van der Waals surface area contributed by atoms with Gasteiger partial charge in [0.1, 0.15) is 11.5 Å². The van der Waals surface area contributed by atoms with Gasteiger partial charge in [-0.25, -0.2) is 5.43 Å². The van der Waals surface area contributed by atoms with Crippen molar-refractivity contribution >= 4 is 12.1 Å². The normalized spacial score (nSPS) is 10.4. The van der Waals surface area contributed by atoms with Crippen LogP contribution in [0.3, 0.4) is 0 Å². The van der Waals surface area contributed by atoms with Gasteiger partial charge in [-0.1, -0.05) is 30.3 Å². The molecule has 0 aliphatic heterocycles. The highest BCUT2D eigenvalue weighted by molar-refractivity contribution is 5.85. The third-order valence-corrected chi connectivity index (χ3v) is 2.72. The van der Waals surface area contributed by atoms with E-state index < -0.39 is 0 Å². The number of hydrogen-bond acceptors (Lipinski definition) is 4. The maximum absolute atomic E-state index is 11.6. The molecule has 2 aromatic rings. The molecular weight excluding hydrogens is 280 g/mol. The molecule has 2 aromatic carbocycles. The van der Waals surface area contributed by atoms with Crippen LogP contribution in [-0.2, 0) is 4.79 Å². The van der Waals surface area contributed by atoms with Crippen molar-refractivity contribution in [3.05, 3.63) is 60.2 Å². The second-order valence-corrected chi connectivity index (χ2v) is 4.37. The van der Waals surface area contributed by atoms with Crippen LogP contribution in [0.1, 0.15) is 12.5 Å². The molecular formula is C17H18N2O3. The molecule has 5 heteroatoms. The Morgan fingerprint density at radius 1 is 1.09 bits per heavy atom. The van der Waals surface area contributed by atoms with E-state index in [0.29, 0.717) is 12.4 Å². The lowest BCUT2D eigenvalue weighted by molar-refractivity contribution is -0.123. The molecule has 0 unspecified atom stereocenters. The molecule has 0 radical (unpaired) electrons. The van der Waals surface area contributed by atoms with Crippen LogP contribution in [-0.4, -0.2) is 25.3 Å². The summed E-state index contributed by atoms with van der Waals surface area (Å²) in [4.78, 5) is 11.6. The van der Waals surface area contributed by atoms with Crippen LogP contribution >= 0.6 is 0 Å². The lowest BCUT2D eigenvalue weighted by Gasteiger charge is -2.06. The number of hydrazone groups is 1. The molecule has 1 N–H and O–H groups in total. The summed E-state index contributed by atoms with van der Waals surface area (Å²) in [6, 6.07) is 16.6. The number of nitrogens with one attached hydrogen (secondary N) is 1. The van der Waals surface area contributed by atoms with Gasteiger partial charge < -0.3 is 9.47 Å². The fourth-order valence-electron chi connectivity index (χ4n) is 1.75. The molecule has 114 valence electrons. The summed E-state index contributed by atoms with van der Waals surface area (Å²) in [5.41, 5.74) is 3.22. The van der Waals surface area contributed by atoms with Gasteiger partial charge in [-0.2, -0.15) is 5.10 Å². The number of amides is 1. The predicted molar refractivity (Wildman–Crippen MR) is 85.3 cm³/mol. The van der Waals surface area contributed by atoms with E-state index in [4.69, 9.17) is 9.47 Å². The second kappa shape index (κ2) is 8.46. The van der Waals surface area contributed by atoms with E-state index >= 15 is 0 Å². The molecule has 0 fully saturated rings. The van der Waals surface area contributed by atoms with E-state index in [2.05, 4.69) is 10.5 Å². The smallest absolute Gasteiger partial charge is 0.277 e. The molecule has 0 atom stereocenters. The van der Waals surface area contributed by atoms with E-state index in [-0.39, 0.29) is 12.5 Å². The van der Waals surface area contributed by atoms with Crippen molar-refractivity contribution in [2.75, 3.05) is 13.2 Å². The van der Waals surface area contributed by atoms with E-state index in [1.165, 1.54) is 0 Å². The van der Waals surface area contributed by atoms with Gasteiger partial charge in [0.05, 0.1) is 12.8 Å². The fourth-order valence-corrected chi connectivity index (χ4v) is 1.75. The zero-order valence-electron chi connectivity index (χ0n) is 12.4. The Morgan fingerprint density at radius 2 is 1.82 bits per heavy atom. The third-order valence-electron chi connectivity index (χ3n) is 2.72. The highest BCUT2D eigenvalue weighted by Crippen LogP contribution is 2.15. The Hall–Kier alpha value is -2.82. The molecule has 22 heavy (non-hydrogen) atoms. The number of nitrogens with zero attached hydrogens (tertiary/aromatic N) is 1. The van der Waals surface area contributed by atoms with Gasteiger partial charge in [0.25, 0.3) is 5.91 Å². The van der Waals surface area contributed by atoms with Crippen LogP contribution in [0, 0.1) is 0 Å². The maximum Gasteiger partial charge on any atom is 0.277 e. The number of carbonyl (C=O) groups excluding carboxylic acids is 1. The van der Waals surface area contributed by atoms with Crippen molar-refractivity contribution in [1.82, 2.24) is 5.43 Å². The predicted octanol–water partition coefficient (Wildman–Crippen LogP) is 2.61. The van der Waals surface area contributed by atoms with Crippen molar-refractivity contribution in [1.29, 1.82) is 0 Å². The number of ether oxygens (including phenoxy) is 2. The largest absolute Gasteiger partial charge is 0.493 e. The van der Waals surface area contributed by atoms with E-state index in [9.17, 15) is 4.79 Å². The van der Waals surface area contributed by atoms with Crippen molar-refractivity contribution < 1.29 is 14.3 Å². The lowest BCUT2D eigenvalue weighted by Crippen LogP contribution is -2.24. The molecule has 0 heterocycles. The highest BCUT2D eigenvalue weighted by atomic mass is 16.5. The number of hydrogen-bond donors (Lipinski definition) is 1. The molecule has 0 saturated carbocycles. The number of benzene rings is 2. The van der Waals surface area contributed by atoms with Gasteiger partial charge in [0, 0.05) is 5.56 Å². The quantitative estimate of drug-likeness (QED) is 0.631. The molecule has 5 nitrogen and oxygen atoms in total. The summed E-state index contributed by atoms with van der Waals surface area (Å²) in [5, 5.41) is 3.91. The molecule has 0 spiro atoms. The molecule has 0 aromatic heterocycles. The monoisotopic (exact) mass is 298 g/mol. The minimum absolute atomic E-state index is 0.0888. The molecule has 2 rings (SSSR count). The first-order valence-electron chi connectivity index (χ1n) is 7.01. The van der Waals surface area contributed by atoms with E-state index in [1.54, 1.807) is 18.3 Å². The van der Waals surface area contributed by atoms with Crippen molar-refractivity contribution in [3.8, 4) is 11.5 Å². The third kappa shape index (κ3) is 4.94. The fraction of sp³-hybridized carbons (Fsp3) is 0.176. The van der Waals surface area contributed by atoms with Crippen LogP contribution in [0.4, 0.5) is 0 Å². The van der Waals surface area contributed by atoms with E-state index in [0.717, 1.165) is 11.3 Å². The second-order valence-electron chi connectivity index (χ2n) is 4.37. The molecule has 0 bridgehead atoms. The van der Waals surface area contributed by atoms with Crippen LogP contribution in [0.2, 0.25) is 0 Å². The zero-order chi connectivity index (χ0) is 15.6. The molecule has 0 aliphatic carbocycles. The van der Waals surface area contributed by atoms with Crippen LogP contribution in [0.25, 0.3) is 0 Å². The summed E-state index contributed by atoms with van der Waals surface area (Å²) < 4.78 is 10.8. The zero-order valence-corrected chi connectivity index (χ0v) is 12.4. The minimum atomic E-state index is -0.325. The first-order chi connectivity index (χ1) is 10.8. The highest BCUT2D eigenvalue weighted by Gasteiger charge is 2.02. The first kappa shape index (κ1) is 15.6. The Balaban J connectivity index is 1.83. The number of rotatable bonds is 7. The van der Waals surface area contributed by atoms with Crippen molar-refractivity contribution in [2.45, 2.75) is 6.92 Å². The maximum atomic E-state index is 11.6. The Kier molecular flexibility index (Phi) is 5.99. The van der Waals surface area contributed by atoms with E-state index in [1.807, 2.05) is 49.4 Å². The SMILES string of the molecule is CCOc1ccccc1/C=N\NC(=O)COc1ccccc1. The minimum Gasteiger partial charge on any atom is -0.493 e. The first-order valence-corrected chi connectivity index (χ1v) is 7.01. The lowest BCUT2D eigenvalue weighted by atomic mass is 10.2. The standard InChI is InChI=1S/C17H18N2O3/c1-2-21-16-11-7-6-8-14(16)12-18-19-17(20)13-22-15-9-4-3-5-10-15/h3-12H,2,13H2,1H3,(H,19,20)/b18-12-. The molecule has 0 saturated heterocycles. The van der Waals surface area contributed by atoms with Gasteiger partial charge >= 0.3 is 0 Å². The number of para-hydroxylation sites is 2. The Bertz CT molecular complexity index is 627. The molecule has 1 amide bonds. The average molecular weight is 298 g/mol. The number of carbonyl (C=O) groups is 1.